The van der Waals surface area contributed by atoms with Gasteiger partial charge in [-0.3, -0.25) is 9.59 Å². The van der Waals surface area contributed by atoms with Crippen molar-refractivity contribution >= 4 is 11.9 Å². The van der Waals surface area contributed by atoms with Gasteiger partial charge in [0.2, 0.25) is 0 Å². The monoisotopic (exact) mass is 355 g/mol. The van der Waals surface area contributed by atoms with E-state index in [4.69, 9.17) is 5.11 Å². The van der Waals surface area contributed by atoms with Gasteiger partial charge in [0, 0.05) is 19.3 Å². The van der Waals surface area contributed by atoms with Crippen LogP contribution in [-0.2, 0) is 11.0 Å². The number of amides is 1. The number of carbonyl (C=O) groups is 2. The summed E-state index contributed by atoms with van der Waals surface area (Å²) in [7, 11) is 0. The summed E-state index contributed by atoms with van der Waals surface area (Å²) in [6, 6.07) is 1.96. The maximum Gasteiger partial charge on any atom is 0.417 e. The summed E-state index contributed by atoms with van der Waals surface area (Å²) >= 11 is 0. The van der Waals surface area contributed by atoms with E-state index in [0.29, 0.717) is 19.2 Å². The second-order valence-electron chi connectivity index (χ2n) is 5.53. The van der Waals surface area contributed by atoms with E-state index in [9.17, 15) is 22.8 Å². The van der Waals surface area contributed by atoms with Crippen molar-refractivity contribution in [3.05, 3.63) is 35.8 Å². The maximum atomic E-state index is 12.5. The number of aliphatic carboxylic acids is 1. The van der Waals surface area contributed by atoms with Gasteiger partial charge in [0.1, 0.15) is 0 Å². The van der Waals surface area contributed by atoms with Gasteiger partial charge in [-0.1, -0.05) is 5.21 Å². The van der Waals surface area contributed by atoms with Crippen LogP contribution in [0.4, 0.5) is 13.2 Å². The maximum absolute atomic E-state index is 12.5. The Bertz CT molecular complexity index is 803. The molecule has 25 heavy (non-hydrogen) atoms. The number of nitrogens with zero attached hydrogens (tertiary/aromatic N) is 5. The molecule has 3 rings (SSSR count). The highest BCUT2D eigenvalue weighted by Crippen LogP contribution is 2.28. The van der Waals surface area contributed by atoms with E-state index in [1.807, 2.05) is 0 Å². The van der Waals surface area contributed by atoms with Crippen molar-refractivity contribution in [3.8, 4) is 5.82 Å². The van der Waals surface area contributed by atoms with Crippen LogP contribution in [0.15, 0.2) is 24.5 Å². The molecule has 8 nitrogen and oxygen atoms in total. The summed E-state index contributed by atoms with van der Waals surface area (Å²) in [5.41, 5.74) is -0.933. The topological polar surface area (TPSA) is 101 Å². The second kappa shape index (κ2) is 6.15. The Morgan fingerprint density at radius 1 is 1.28 bits per heavy atom. The Kier molecular flexibility index (Phi) is 4.15. The highest BCUT2D eigenvalue weighted by molar-refractivity contribution is 5.92. The zero-order chi connectivity index (χ0) is 18.2. The van der Waals surface area contributed by atoms with Gasteiger partial charge < -0.3 is 10.0 Å². The predicted molar refractivity (Wildman–Crippen MR) is 75.8 cm³/mol. The van der Waals surface area contributed by atoms with Gasteiger partial charge in [0.15, 0.2) is 11.5 Å². The summed E-state index contributed by atoms with van der Waals surface area (Å²) < 4.78 is 38.7. The predicted octanol–water partition coefficient (Wildman–Crippen LogP) is 1.23. The second-order valence-corrected chi connectivity index (χ2v) is 5.53. The minimum Gasteiger partial charge on any atom is -0.481 e. The molecule has 1 aliphatic heterocycles. The lowest BCUT2D eigenvalue weighted by atomic mass is 10.1. The molecule has 0 radical (unpaired) electrons. The van der Waals surface area contributed by atoms with Gasteiger partial charge in [-0.05, 0) is 18.6 Å². The number of aromatic nitrogens is 4. The Morgan fingerprint density at radius 2 is 2.04 bits per heavy atom. The van der Waals surface area contributed by atoms with Crippen LogP contribution in [0.2, 0.25) is 0 Å². The first-order chi connectivity index (χ1) is 11.8. The molecule has 1 aliphatic rings. The van der Waals surface area contributed by atoms with Gasteiger partial charge in [-0.25, -0.2) is 9.67 Å². The van der Waals surface area contributed by atoms with Crippen LogP contribution >= 0.6 is 0 Å². The van der Waals surface area contributed by atoms with Crippen molar-refractivity contribution in [2.45, 2.75) is 12.6 Å². The number of carbonyl (C=O) groups excluding carboxylic acids is 1. The fraction of sp³-hybridized carbons (Fsp3) is 0.357. The normalized spacial score (nSPS) is 17.7. The van der Waals surface area contributed by atoms with E-state index < -0.39 is 29.5 Å². The lowest BCUT2D eigenvalue weighted by molar-refractivity contribution is -0.141. The largest absolute Gasteiger partial charge is 0.481 e. The van der Waals surface area contributed by atoms with E-state index in [1.165, 1.54) is 11.1 Å². The average molecular weight is 355 g/mol. The molecule has 0 spiro atoms. The molecule has 1 N–H and O–H groups in total. The highest BCUT2D eigenvalue weighted by Gasteiger charge is 2.33. The summed E-state index contributed by atoms with van der Waals surface area (Å²) in [6.45, 7) is 0.376. The minimum absolute atomic E-state index is 0.0345. The lowest BCUT2D eigenvalue weighted by Crippen LogP contribution is -2.30. The van der Waals surface area contributed by atoms with Crippen LogP contribution < -0.4 is 0 Å². The zero-order valence-electron chi connectivity index (χ0n) is 12.6. The molecule has 3 heterocycles. The van der Waals surface area contributed by atoms with Crippen LogP contribution in [-0.4, -0.2) is 55.0 Å². The third-order valence-corrected chi connectivity index (χ3v) is 3.85. The van der Waals surface area contributed by atoms with Gasteiger partial charge >= 0.3 is 12.1 Å². The third kappa shape index (κ3) is 3.44. The average Bonchev–Trinajstić information content (AvgIpc) is 3.23. The molecule has 0 aromatic carbocycles. The fourth-order valence-electron chi connectivity index (χ4n) is 2.47. The molecule has 2 aromatic heterocycles. The number of halogens is 3. The Labute approximate surface area is 138 Å². The Hall–Kier alpha value is -2.98. The summed E-state index contributed by atoms with van der Waals surface area (Å²) in [5.74, 6) is -1.99. The van der Waals surface area contributed by atoms with E-state index in [2.05, 4.69) is 15.3 Å². The van der Waals surface area contributed by atoms with Crippen LogP contribution in [0.3, 0.4) is 0 Å². The number of hydrogen-bond donors (Lipinski definition) is 1. The van der Waals surface area contributed by atoms with E-state index in [0.717, 1.165) is 16.8 Å². The van der Waals surface area contributed by atoms with Crippen LogP contribution in [0.5, 0.6) is 0 Å². The van der Waals surface area contributed by atoms with Crippen molar-refractivity contribution < 1.29 is 27.9 Å². The van der Waals surface area contributed by atoms with Crippen molar-refractivity contribution in [1.29, 1.82) is 0 Å². The fourth-order valence-corrected chi connectivity index (χ4v) is 2.47. The van der Waals surface area contributed by atoms with Crippen molar-refractivity contribution in [2.24, 2.45) is 5.92 Å². The molecule has 0 bridgehead atoms. The van der Waals surface area contributed by atoms with Crippen molar-refractivity contribution in [1.82, 2.24) is 24.9 Å². The molecule has 1 unspecified atom stereocenters. The van der Waals surface area contributed by atoms with Gasteiger partial charge in [0.05, 0.1) is 17.7 Å². The standard InChI is InChI=1S/C14H12F3N5O3/c15-14(16,17)9-1-2-11(18-5-9)22-7-10(19-20-22)12(23)21-4-3-8(6-21)13(24)25/h1-2,5,7-8H,3-4,6H2,(H,24,25). The van der Waals surface area contributed by atoms with Crippen LogP contribution in [0.25, 0.3) is 5.82 Å². The first-order valence-electron chi connectivity index (χ1n) is 7.24. The molecule has 2 aromatic rings. The number of carboxylic acids is 1. The molecular formula is C14H12F3N5O3. The molecule has 1 amide bonds. The molecule has 0 saturated carbocycles. The number of likely N-dealkylation sites (tertiary alicyclic amines) is 1. The number of alkyl halides is 3. The van der Waals surface area contributed by atoms with Gasteiger partial charge in [0.25, 0.3) is 5.91 Å². The van der Waals surface area contributed by atoms with E-state index in [1.54, 1.807) is 0 Å². The first kappa shape index (κ1) is 16.9. The van der Waals surface area contributed by atoms with E-state index in [-0.39, 0.29) is 18.1 Å². The zero-order valence-corrected chi connectivity index (χ0v) is 12.6. The SMILES string of the molecule is O=C(O)C1CCN(C(=O)c2cn(-c3ccc(C(F)(F)F)cn3)nn2)C1. The molecule has 1 fully saturated rings. The molecular weight excluding hydrogens is 343 g/mol. The third-order valence-electron chi connectivity index (χ3n) is 3.85. The molecule has 11 heteroatoms. The number of hydrogen-bond acceptors (Lipinski definition) is 5. The van der Waals surface area contributed by atoms with Crippen molar-refractivity contribution in [2.75, 3.05) is 13.1 Å². The van der Waals surface area contributed by atoms with Gasteiger partial charge in [-0.15, -0.1) is 5.10 Å². The molecule has 1 atom stereocenters. The lowest BCUT2D eigenvalue weighted by Gasteiger charge is -2.13. The minimum atomic E-state index is -4.49. The first-order valence-corrected chi connectivity index (χ1v) is 7.24. The summed E-state index contributed by atoms with van der Waals surface area (Å²) in [5, 5.41) is 16.3. The van der Waals surface area contributed by atoms with Crippen LogP contribution in [0.1, 0.15) is 22.5 Å². The Balaban J connectivity index is 1.74. The summed E-state index contributed by atoms with van der Waals surface area (Å²) in [4.78, 5) is 28.2. The smallest absolute Gasteiger partial charge is 0.417 e. The van der Waals surface area contributed by atoms with Gasteiger partial charge in [-0.2, -0.15) is 13.2 Å². The number of carboxylic acid groups (broad SMARTS) is 1. The number of pyridine rings is 1. The number of rotatable bonds is 3. The molecule has 0 aliphatic carbocycles. The van der Waals surface area contributed by atoms with Crippen LogP contribution in [0, 0.1) is 5.92 Å². The quantitative estimate of drug-likeness (QED) is 0.889. The Morgan fingerprint density at radius 3 is 2.60 bits per heavy atom. The molecule has 132 valence electrons. The highest BCUT2D eigenvalue weighted by atomic mass is 19.4. The van der Waals surface area contributed by atoms with E-state index >= 15 is 0 Å². The molecule has 1 saturated heterocycles. The van der Waals surface area contributed by atoms with Crippen molar-refractivity contribution in [3.63, 3.8) is 0 Å². The summed E-state index contributed by atoms with van der Waals surface area (Å²) in [6.07, 6.45) is -2.23.